The lowest BCUT2D eigenvalue weighted by atomic mass is 10.1. The third kappa shape index (κ3) is 1.12. The molecule has 1 rings (SSSR count). The zero-order chi connectivity index (χ0) is 7.78. The number of hydrogen-bond donors (Lipinski definition) is 1. The van der Waals surface area contributed by atoms with Crippen molar-refractivity contribution in [2.24, 2.45) is 5.84 Å². The Morgan fingerprint density at radius 1 is 1.70 bits per heavy atom. The van der Waals surface area contributed by atoms with Gasteiger partial charge in [0.05, 0.1) is 13.2 Å². The number of ether oxygens (including phenoxy) is 1. The van der Waals surface area contributed by atoms with E-state index in [9.17, 15) is 4.79 Å². The predicted octanol–water partition coefficient (Wildman–Crippen LogP) is -0.503. The molecule has 0 unspecified atom stereocenters. The number of carbonyl (C=O) groups excluding carboxylic acids is 1. The fourth-order valence-corrected chi connectivity index (χ4v) is 0.908. The SMILES string of the molecule is CC1(C)OCCN(N)C1=O. The normalized spacial score (nSPS) is 25.1. The molecule has 0 bridgehead atoms. The van der Waals surface area contributed by atoms with E-state index in [0.29, 0.717) is 13.2 Å². The van der Waals surface area contributed by atoms with Gasteiger partial charge in [-0.3, -0.25) is 9.80 Å². The molecular weight excluding hydrogens is 132 g/mol. The maximum absolute atomic E-state index is 11.1. The fourth-order valence-electron chi connectivity index (χ4n) is 0.908. The first-order valence-corrected chi connectivity index (χ1v) is 3.24. The summed E-state index contributed by atoms with van der Waals surface area (Å²) in [6, 6.07) is 0. The van der Waals surface area contributed by atoms with Gasteiger partial charge in [-0.25, -0.2) is 5.84 Å². The maximum atomic E-state index is 11.1. The molecule has 1 heterocycles. The van der Waals surface area contributed by atoms with Gasteiger partial charge in [0.15, 0.2) is 0 Å². The van der Waals surface area contributed by atoms with Crippen molar-refractivity contribution < 1.29 is 9.53 Å². The molecule has 0 saturated carbocycles. The average Bonchev–Trinajstić information content (AvgIpc) is 1.83. The first-order chi connectivity index (χ1) is 4.54. The van der Waals surface area contributed by atoms with Crippen LogP contribution in [0.2, 0.25) is 0 Å². The van der Waals surface area contributed by atoms with Crippen molar-refractivity contribution in [2.45, 2.75) is 19.4 Å². The van der Waals surface area contributed by atoms with Crippen molar-refractivity contribution in [3.63, 3.8) is 0 Å². The van der Waals surface area contributed by atoms with E-state index in [2.05, 4.69) is 0 Å². The minimum absolute atomic E-state index is 0.154. The van der Waals surface area contributed by atoms with Gasteiger partial charge in [0, 0.05) is 0 Å². The van der Waals surface area contributed by atoms with Crippen LogP contribution in [0.5, 0.6) is 0 Å². The zero-order valence-corrected chi connectivity index (χ0v) is 6.26. The topological polar surface area (TPSA) is 55.6 Å². The second-order valence-corrected chi connectivity index (χ2v) is 2.86. The van der Waals surface area contributed by atoms with Gasteiger partial charge in [-0.1, -0.05) is 0 Å². The van der Waals surface area contributed by atoms with Crippen LogP contribution in [-0.4, -0.2) is 29.7 Å². The van der Waals surface area contributed by atoms with Crippen LogP contribution >= 0.6 is 0 Å². The van der Waals surface area contributed by atoms with Crippen molar-refractivity contribution in [3.05, 3.63) is 0 Å². The van der Waals surface area contributed by atoms with Crippen molar-refractivity contribution in [1.82, 2.24) is 5.01 Å². The first-order valence-electron chi connectivity index (χ1n) is 3.24. The van der Waals surface area contributed by atoms with Gasteiger partial charge in [-0.05, 0) is 13.8 Å². The smallest absolute Gasteiger partial charge is 0.268 e. The molecule has 1 aliphatic heterocycles. The summed E-state index contributed by atoms with van der Waals surface area (Å²) in [5.74, 6) is 5.20. The van der Waals surface area contributed by atoms with Gasteiger partial charge >= 0.3 is 0 Å². The molecule has 0 aliphatic carbocycles. The molecule has 58 valence electrons. The maximum Gasteiger partial charge on any atom is 0.268 e. The van der Waals surface area contributed by atoms with Crippen LogP contribution in [0.15, 0.2) is 0 Å². The Labute approximate surface area is 59.9 Å². The summed E-state index contributed by atoms with van der Waals surface area (Å²) < 4.78 is 5.18. The molecule has 1 aliphatic rings. The Kier molecular flexibility index (Phi) is 1.66. The summed E-state index contributed by atoms with van der Waals surface area (Å²) in [5, 5.41) is 1.20. The van der Waals surface area contributed by atoms with Crippen LogP contribution in [0.25, 0.3) is 0 Å². The Bertz CT molecular complexity index is 156. The highest BCUT2D eigenvalue weighted by Gasteiger charge is 2.35. The molecule has 0 spiro atoms. The molecule has 10 heavy (non-hydrogen) atoms. The number of nitrogens with two attached hydrogens (primary N) is 1. The summed E-state index contributed by atoms with van der Waals surface area (Å²) in [6.07, 6.45) is 0. The quantitative estimate of drug-likeness (QED) is 0.368. The van der Waals surface area contributed by atoms with Gasteiger partial charge in [-0.15, -0.1) is 0 Å². The molecule has 0 aromatic heterocycles. The molecule has 1 fully saturated rings. The molecule has 2 N–H and O–H groups in total. The second-order valence-electron chi connectivity index (χ2n) is 2.86. The van der Waals surface area contributed by atoms with E-state index in [1.807, 2.05) is 0 Å². The summed E-state index contributed by atoms with van der Waals surface area (Å²) >= 11 is 0. The van der Waals surface area contributed by atoms with Gasteiger partial charge in [0.1, 0.15) is 5.60 Å². The number of rotatable bonds is 0. The molecule has 0 radical (unpaired) electrons. The van der Waals surface area contributed by atoms with Crippen LogP contribution in [-0.2, 0) is 9.53 Å². The van der Waals surface area contributed by atoms with Crippen molar-refractivity contribution in [2.75, 3.05) is 13.2 Å². The fraction of sp³-hybridized carbons (Fsp3) is 0.833. The zero-order valence-electron chi connectivity index (χ0n) is 6.26. The molecule has 0 aromatic carbocycles. The number of hydrogen-bond acceptors (Lipinski definition) is 3. The predicted molar refractivity (Wildman–Crippen MR) is 35.9 cm³/mol. The van der Waals surface area contributed by atoms with Crippen LogP contribution in [0.4, 0.5) is 0 Å². The standard InChI is InChI=1S/C6H12N2O2/c1-6(2)5(9)8(7)3-4-10-6/h3-4,7H2,1-2H3. The van der Waals surface area contributed by atoms with Crippen molar-refractivity contribution in [3.8, 4) is 0 Å². The van der Waals surface area contributed by atoms with Gasteiger partial charge in [0.2, 0.25) is 0 Å². The van der Waals surface area contributed by atoms with Crippen LogP contribution in [0, 0.1) is 0 Å². The molecule has 1 amide bonds. The van der Waals surface area contributed by atoms with E-state index < -0.39 is 5.60 Å². The molecule has 0 aromatic rings. The Morgan fingerprint density at radius 2 is 2.30 bits per heavy atom. The Hall–Kier alpha value is -0.610. The van der Waals surface area contributed by atoms with E-state index in [1.165, 1.54) is 5.01 Å². The molecule has 4 heteroatoms. The number of morpholine rings is 1. The highest BCUT2D eigenvalue weighted by molar-refractivity contribution is 5.84. The lowest BCUT2D eigenvalue weighted by Gasteiger charge is -2.34. The minimum atomic E-state index is -0.729. The lowest BCUT2D eigenvalue weighted by Crippen LogP contribution is -2.56. The van der Waals surface area contributed by atoms with Crippen LogP contribution < -0.4 is 5.84 Å². The summed E-state index contributed by atoms with van der Waals surface area (Å²) in [6.45, 7) is 4.44. The third-order valence-electron chi connectivity index (χ3n) is 1.57. The van der Waals surface area contributed by atoms with E-state index in [4.69, 9.17) is 10.6 Å². The summed E-state index contributed by atoms with van der Waals surface area (Å²) in [7, 11) is 0. The Morgan fingerprint density at radius 3 is 2.70 bits per heavy atom. The van der Waals surface area contributed by atoms with Gasteiger partial charge in [-0.2, -0.15) is 0 Å². The van der Waals surface area contributed by atoms with Gasteiger partial charge < -0.3 is 4.74 Å². The van der Waals surface area contributed by atoms with Gasteiger partial charge in [0.25, 0.3) is 5.91 Å². The number of amides is 1. The summed E-state index contributed by atoms with van der Waals surface area (Å²) in [5.41, 5.74) is -0.729. The lowest BCUT2D eigenvalue weighted by molar-refractivity contribution is -0.166. The van der Waals surface area contributed by atoms with E-state index in [0.717, 1.165) is 0 Å². The van der Waals surface area contributed by atoms with E-state index in [1.54, 1.807) is 13.8 Å². The van der Waals surface area contributed by atoms with Crippen molar-refractivity contribution in [1.29, 1.82) is 0 Å². The monoisotopic (exact) mass is 144 g/mol. The number of nitrogens with zero attached hydrogens (tertiary/aromatic N) is 1. The third-order valence-corrected chi connectivity index (χ3v) is 1.57. The average molecular weight is 144 g/mol. The number of carbonyl (C=O) groups is 1. The minimum Gasteiger partial charge on any atom is -0.364 e. The molecular formula is C6H12N2O2. The molecule has 0 atom stereocenters. The highest BCUT2D eigenvalue weighted by atomic mass is 16.5. The Balaban J connectivity index is 2.70. The van der Waals surface area contributed by atoms with Crippen molar-refractivity contribution >= 4 is 5.91 Å². The van der Waals surface area contributed by atoms with E-state index >= 15 is 0 Å². The molecule has 1 saturated heterocycles. The summed E-state index contributed by atoms with van der Waals surface area (Å²) in [4.78, 5) is 11.1. The number of hydrazine groups is 1. The largest absolute Gasteiger partial charge is 0.364 e. The van der Waals surface area contributed by atoms with Crippen LogP contribution in [0.3, 0.4) is 0 Å². The first kappa shape index (κ1) is 7.50. The molecule has 4 nitrogen and oxygen atoms in total. The second kappa shape index (κ2) is 2.21. The van der Waals surface area contributed by atoms with Crippen LogP contribution in [0.1, 0.15) is 13.8 Å². The van der Waals surface area contributed by atoms with E-state index in [-0.39, 0.29) is 5.91 Å². The highest BCUT2D eigenvalue weighted by Crippen LogP contribution is 2.15.